The van der Waals surface area contributed by atoms with Crippen LogP contribution < -0.4 is 4.90 Å². The molecule has 0 amide bonds. The lowest BCUT2D eigenvalue weighted by atomic mass is 10.00. The number of fused-ring (bicyclic) bond motifs is 1. The standard InChI is InChI=1S/C14H14BrN5O/c1-2-19-8-16-18-13(19)9-6-20(7-9)14-17-11-5-3-4-10(15)12(11)21-14/h3-5,8-9H,2,6-7H2,1H3. The van der Waals surface area contributed by atoms with Crippen molar-refractivity contribution < 1.29 is 4.42 Å². The van der Waals surface area contributed by atoms with E-state index in [9.17, 15) is 0 Å². The van der Waals surface area contributed by atoms with Gasteiger partial charge in [0.15, 0.2) is 5.58 Å². The average Bonchev–Trinajstić information content (AvgIpc) is 3.04. The molecular formula is C14H14BrN5O. The van der Waals surface area contributed by atoms with Crippen LogP contribution in [0.2, 0.25) is 0 Å². The maximum atomic E-state index is 5.85. The zero-order valence-electron chi connectivity index (χ0n) is 11.5. The van der Waals surface area contributed by atoms with Crippen LogP contribution in [0.5, 0.6) is 0 Å². The fourth-order valence-corrected chi connectivity index (χ4v) is 3.10. The molecule has 4 rings (SSSR count). The third-order valence-electron chi connectivity index (χ3n) is 3.86. The molecule has 108 valence electrons. The summed E-state index contributed by atoms with van der Waals surface area (Å²) < 4.78 is 8.87. The second-order valence-electron chi connectivity index (χ2n) is 5.16. The van der Waals surface area contributed by atoms with Gasteiger partial charge in [0.2, 0.25) is 0 Å². The summed E-state index contributed by atoms with van der Waals surface area (Å²) in [6.07, 6.45) is 1.79. The highest BCUT2D eigenvalue weighted by molar-refractivity contribution is 9.10. The van der Waals surface area contributed by atoms with Crippen LogP contribution >= 0.6 is 15.9 Å². The van der Waals surface area contributed by atoms with Gasteiger partial charge in [-0.25, -0.2) is 0 Å². The summed E-state index contributed by atoms with van der Waals surface area (Å²) >= 11 is 3.49. The number of aryl methyl sites for hydroxylation is 1. The first-order valence-electron chi connectivity index (χ1n) is 6.94. The van der Waals surface area contributed by atoms with E-state index in [4.69, 9.17) is 4.42 Å². The molecule has 0 aliphatic carbocycles. The van der Waals surface area contributed by atoms with E-state index in [1.165, 1.54) is 0 Å². The Kier molecular flexibility index (Phi) is 2.95. The molecule has 1 aromatic carbocycles. The smallest absolute Gasteiger partial charge is 0.298 e. The normalized spacial score (nSPS) is 15.6. The molecule has 1 saturated heterocycles. The number of oxazole rings is 1. The Labute approximate surface area is 129 Å². The van der Waals surface area contributed by atoms with E-state index in [-0.39, 0.29) is 0 Å². The monoisotopic (exact) mass is 347 g/mol. The third kappa shape index (κ3) is 2.03. The summed E-state index contributed by atoms with van der Waals surface area (Å²) in [7, 11) is 0. The number of hydrogen-bond acceptors (Lipinski definition) is 5. The summed E-state index contributed by atoms with van der Waals surface area (Å²) in [5.74, 6) is 1.44. The van der Waals surface area contributed by atoms with Crippen molar-refractivity contribution >= 4 is 33.0 Å². The Morgan fingerprint density at radius 2 is 2.24 bits per heavy atom. The predicted molar refractivity (Wildman–Crippen MR) is 82.4 cm³/mol. The average molecular weight is 348 g/mol. The summed E-state index contributed by atoms with van der Waals surface area (Å²) in [4.78, 5) is 6.67. The Morgan fingerprint density at radius 1 is 1.38 bits per heavy atom. The van der Waals surface area contributed by atoms with Gasteiger partial charge in [0, 0.05) is 19.6 Å². The van der Waals surface area contributed by atoms with E-state index in [2.05, 4.69) is 47.5 Å². The molecule has 21 heavy (non-hydrogen) atoms. The van der Waals surface area contributed by atoms with Crippen molar-refractivity contribution in [3.63, 3.8) is 0 Å². The van der Waals surface area contributed by atoms with Gasteiger partial charge in [-0.1, -0.05) is 6.07 Å². The first-order chi connectivity index (χ1) is 10.3. The number of aromatic nitrogens is 4. The van der Waals surface area contributed by atoms with Crippen molar-refractivity contribution in [2.45, 2.75) is 19.4 Å². The van der Waals surface area contributed by atoms with Crippen molar-refractivity contribution in [2.24, 2.45) is 0 Å². The maximum Gasteiger partial charge on any atom is 0.298 e. The van der Waals surface area contributed by atoms with Crippen LogP contribution in [0.3, 0.4) is 0 Å². The molecule has 0 unspecified atom stereocenters. The van der Waals surface area contributed by atoms with E-state index >= 15 is 0 Å². The lowest BCUT2D eigenvalue weighted by Gasteiger charge is -2.37. The van der Waals surface area contributed by atoms with Gasteiger partial charge < -0.3 is 13.9 Å². The van der Waals surface area contributed by atoms with Gasteiger partial charge in [-0.3, -0.25) is 0 Å². The molecular weight excluding hydrogens is 334 g/mol. The van der Waals surface area contributed by atoms with E-state index in [1.807, 2.05) is 18.2 Å². The van der Waals surface area contributed by atoms with Crippen LogP contribution in [0, 0.1) is 0 Å². The summed E-state index contributed by atoms with van der Waals surface area (Å²) in [5.41, 5.74) is 1.67. The van der Waals surface area contributed by atoms with Gasteiger partial charge in [0.25, 0.3) is 6.01 Å². The molecule has 3 heterocycles. The molecule has 1 fully saturated rings. The molecule has 0 N–H and O–H groups in total. The van der Waals surface area contributed by atoms with E-state index in [0.717, 1.165) is 41.0 Å². The minimum absolute atomic E-state index is 0.394. The number of anilines is 1. The fourth-order valence-electron chi connectivity index (χ4n) is 2.66. The maximum absolute atomic E-state index is 5.85. The number of para-hydroxylation sites is 1. The summed E-state index contributed by atoms with van der Waals surface area (Å²) in [5, 5.41) is 8.21. The second kappa shape index (κ2) is 4.84. The molecule has 1 aliphatic rings. The lowest BCUT2D eigenvalue weighted by Crippen LogP contribution is -2.46. The van der Waals surface area contributed by atoms with Gasteiger partial charge in [-0.05, 0) is 35.0 Å². The van der Waals surface area contributed by atoms with Crippen LogP contribution in [0.15, 0.2) is 33.4 Å². The van der Waals surface area contributed by atoms with Gasteiger partial charge in [-0.2, -0.15) is 4.98 Å². The number of nitrogens with zero attached hydrogens (tertiary/aromatic N) is 5. The first kappa shape index (κ1) is 12.8. The highest BCUT2D eigenvalue weighted by Crippen LogP contribution is 2.34. The van der Waals surface area contributed by atoms with E-state index < -0.39 is 0 Å². The van der Waals surface area contributed by atoms with Crippen LogP contribution in [-0.4, -0.2) is 32.8 Å². The quantitative estimate of drug-likeness (QED) is 0.729. The van der Waals surface area contributed by atoms with Crippen LogP contribution in [0.1, 0.15) is 18.7 Å². The molecule has 0 atom stereocenters. The van der Waals surface area contributed by atoms with Crippen molar-refractivity contribution in [1.29, 1.82) is 0 Å². The number of rotatable bonds is 3. The van der Waals surface area contributed by atoms with Gasteiger partial charge >= 0.3 is 0 Å². The molecule has 3 aromatic rings. The van der Waals surface area contributed by atoms with Crippen molar-refractivity contribution in [3.05, 3.63) is 34.8 Å². The number of benzene rings is 1. The Balaban J connectivity index is 1.55. The predicted octanol–water partition coefficient (Wildman–Crippen LogP) is 2.81. The van der Waals surface area contributed by atoms with Crippen LogP contribution in [0.4, 0.5) is 6.01 Å². The topological polar surface area (TPSA) is 60.0 Å². The highest BCUT2D eigenvalue weighted by atomic mass is 79.9. The minimum Gasteiger partial charge on any atom is -0.422 e. The van der Waals surface area contributed by atoms with Crippen LogP contribution in [-0.2, 0) is 6.54 Å². The Morgan fingerprint density at radius 3 is 3.00 bits per heavy atom. The Bertz CT molecular complexity index is 790. The fraction of sp³-hybridized carbons (Fsp3) is 0.357. The molecule has 0 spiro atoms. The highest BCUT2D eigenvalue weighted by Gasteiger charge is 2.34. The lowest BCUT2D eigenvalue weighted by molar-refractivity contribution is 0.436. The second-order valence-corrected chi connectivity index (χ2v) is 6.02. The Hall–Kier alpha value is -1.89. The summed E-state index contributed by atoms with van der Waals surface area (Å²) in [6, 6.07) is 6.55. The van der Waals surface area contributed by atoms with Gasteiger partial charge in [-0.15, -0.1) is 10.2 Å². The molecule has 0 radical (unpaired) electrons. The van der Waals surface area contributed by atoms with E-state index in [0.29, 0.717) is 11.9 Å². The summed E-state index contributed by atoms with van der Waals surface area (Å²) in [6.45, 7) is 4.72. The number of halogens is 1. The molecule has 0 bridgehead atoms. The largest absolute Gasteiger partial charge is 0.422 e. The zero-order valence-corrected chi connectivity index (χ0v) is 13.1. The molecule has 6 nitrogen and oxygen atoms in total. The van der Waals surface area contributed by atoms with Crippen LogP contribution in [0.25, 0.3) is 11.1 Å². The molecule has 7 heteroatoms. The SMILES string of the molecule is CCn1cnnc1C1CN(c2nc3cccc(Br)c3o2)C1. The van der Waals surface area contributed by atoms with Crippen molar-refractivity contribution in [1.82, 2.24) is 19.7 Å². The molecule has 0 saturated carbocycles. The molecule has 1 aliphatic heterocycles. The molecule has 2 aromatic heterocycles. The van der Waals surface area contributed by atoms with Gasteiger partial charge in [0.1, 0.15) is 17.7 Å². The first-order valence-corrected chi connectivity index (χ1v) is 7.73. The number of hydrogen-bond donors (Lipinski definition) is 0. The zero-order chi connectivity index (χ0) is 14.4. The van der Waals surface area contributed by atoms with Crippen molar-refractivity contribution in [3.8, 4) is 0 Å². The van der Waals surface area contributed by atoms with E-state index in [1.54, 1.807) is 6.33 Å². The minimum atomic E-state index is 0.394. The van der Waals surface area contributed by atoms with Crippen molar-refractivity contribution in [2.75, 3.05) is 18.0 Å². The third-order valence-corrected chi connectivity index (χ3v) is 4.48. The van der Waals surface area contributed by atoms with Gasteiger partial charge in [0.05, 0.1) is 10.4 Å².